The molecule has 0 aliphatic carbocycles. The minimum Gasteiger partial charge on any atom is -0.462 e. The van der Waals surface area contributed by atoms with E-state index >= 15 is 0 Å². The molecule has 394 valence electrons. The standard InChI is InChI=1S/C56H112NO8P/c1-3-5-7-9-11-13-15-17-19-21-23-25-27-29-30-32-34-36-38-40-42-44-46-48-55(58)62-52-54(53-64-66(60,61)63-51-50-57)65-56(59)49-47-45-43-41-39-37-35-33-31-28-26-24-22-20-18-16-14-12-10-8-6-4-2/h54H,3-53,57H2,1-2H3,(H,60,61)/t54-/m1/s1. The predicted molar refractivity (Wildman–Crippen MR) is 280 cm³/mol. The van der Waals surface area contributed by atoms with Crippen molar-refractivity contribution in [3.8, 4) is 0 Å². The average molecular weight is 958 g/mol. The fourth-order valence-corrected chi connectivity index (χ4v) is 9.70. The number of carbonyl (C=O) groups excluding carboxylic acids is 2. The number of hydrogen-bond acceptors (Lipinski definition) is 8. The van der Waals surface area contributed by atoms with E-state index in [2.05, 4.69) is 13.8 Å². The number of carbonyl (C=O) groups is 2. The van der Waals surface area contributed by atoms with Crippen LogP contribution in [0.5, 0.6) is 0 Å². The molecule has 0 amide bonds. The first kappa shape index (κ1) is 65.0. The van der Waals surface area contributed by atoms with Crippen molar-refractivity contribution in [2.24, 2.45) is 5.73 Å². The monoisotopic (exact) mass is 958 g/mol. The summed E-state index contributed by atoms with van der Waals surface area (Å²) in [7, 11) is -4.38. The van der Waals surface area contributed by atoms with Gasteiger partial charge in [-0.05, 0) is 12.8 Å². The molecule has 10 heteroatoms. The van der Waals surface area contributed by atoms with Crippen molar-refractivity contribution >= 4 is 19.8 Å². The van der Waals surface area contributed by atoms with Crippen LogP contribution in [0.15, 0.2) is 0 Å². The zero-order valence-electron chi connectivity index (χ0n) is 44.0. The second-order valence-electron chi connectivity index (χ2n) is 19.9. The molecule has 0 aliphatic rings. The fraction of sp³-hybridized carbons (Fsp3) is 0.964. The van der Waals surface area contributed by atoms with E-state index < -0.39 is 26.5 Å². The van der Waals surface area contributed by atoms with Crippen molar-refractivity contribution in [1.82, 2.24) is 0 Å². The summed E-state index contributed by atoms with van der Waals surface area (Å²) < 4.78 is 33.0. The Hall–Kier alpha value is -0.990. The molecule has 66 heavy (non-hydrogen) atoms. The number of phosphoric ester groups is 1. The summed E-state index contributed by atoms with van der Waals surface area (Å²) in [6.45, 7) is 3.83. The van der Waals surface area contributed by atoms with Crippen molar-refractivity contribution in [1.29, 1.82) is 0 Å². The Labute approximate surface area is 409 Å². The summed E-state index contributed by atoms with van der Waals surface area (Å²) in [5.74, 6) is -0.802. The number of rotatable bonds is 56. The number of phosphoric acid groups is 1. The highest BCUT2D eigenvalue weighted by molar-refractivity contribution is 7.47. The normalized spacial score (nSPS) is 13.0. The van der Waals surface area contributed by atoms with Crippen LogP contribution in [-0.2, 0) is 32.7 Å². The molecular formula is C56H112NO8P. The molecule has 0 aliphatic heterocycles. The maximum absolute atomic E-state index is 12.7. The van der Waals surface area contributed by atoms with Crippen molar-refractivity contribution in [2.75, 3.05) is 26.4 Å². The third-order valence-electron chi connectivity index (χ3n) is 13.2. The lowest BCUT2D eigenvalue weighted by Gasteiger charge is -2.19. The average Bonchev–Trinajstić information content (AvgIpc) is 3.31. The van der Waals surface area contributed by atoms with Crippen LogP contribution in [0.4, 0.5) is 0 Å². The number of hydrogen-bond donors (Lipinski definition) is 2. The zero-order chi connectivity index (χ0) is 48.1. The molecule has 9 nitrogen and oxygen atoms in total. The van der Waals surface area contributed by atoms with Gasteiger partial charge in [0.2, 0.25) is 0 Å². The first-order valence-electron chi connectivity index (χ1n) is 29.0. The lowest BCUT2D eigenvalue weighted by atomic mass is 10.0. The number of esters is 2. The van der Waals surface area contributed by atoms with E-state index in [0.29, 0.717) is 6.42 Å². The Morgan fingerprint density at radius 3 is 0.924 bits per heavy atom. The molecule has 0 bridgehead atoms. The minimum absolute atomic E-state index is 0.0586. The van der Waals surface area contributed by atoms with E-state index in [0.717, 1.165) is 32.1 Å². The SMILES string of the molecule is CCCCCCCCCCCCCCCCCCCCCCCCCC(=O)OC[C@H](COP(=O)(O)OCCN)OC(=O)CCCCCCCCCCCCCCCCCCCCCCCC. The Bertz CT molecular complexity index is 1050. The first-order valence-corrected chi connectivity index (χ1v) is 30.5. The van der Waals surface area contributed by atoms with Crippen molar-refractivity contribution in [3.05, 3.63) is 0 Å². The summed E-state index contributed by atoms with van der Waals surface area (Å²) in [6, 6.07) is 0. The van der Waals surface area contributed by atoms with Gasteiger partial charge in [-0.15, -0.1) is 0 Å². The largest absolute Gasteiger partial charge is 0.472 e. The molecule has 0 heterocycles. The molecule has 0 saturated heterocycles. The van der Waals surface area contributed by atoms with Gasteiger partial charge in [-0.25, -0.2) is 4.57 Å². The van der Waals surface area contributed by atoms with Crippen molar-refractivity contribution in [3.63, 3.8) is 0 Å². The minimum atomic E-state index is -4.38. The summed E-state index contributed by atoms with van der Waals surface area (Å²) in [5.41, 5.74) is 5.38. The van der Waals surface area contributed by atoms with E-state index in [1.807, 2.05) is 0 Å². The molecule has 0 saturated carbocycles. The van der Waals surface area contributed by atoms with Crippen LogP contribution in [-0.4, -0.2) is 49.3 Å². The smallest absolute Gasteiger partial charge is 0.462 e. The lowest BCUT2D eigenvalue weighted by Crippen LogP contribution is -2.29. The van der Waals surface area contributed by atoms with Crippen LogP contribution in [0, 0.1) is 0 Å². The quantitative estimate of drug-likeness (QED) is 0.0347. The molecule has 0 radical (unpaired) electrons. The van der Waals surface area contributed by atoms with Gasteiger partial charge in [-0.3, -0.25) is 18.6 Å². The highest BCUT2D eigenvalue weighted by Crippen LogP contribution is 2.43. The molecule has 0 rings (SSSR count). The Morgan fingerprint density at radius 1 is 0.394 bits per heavy atom. The summed E-state index contributed by atoms with van der Waals surface area (Å²) in [6.07, 6.45) is 58.7. The summed E-state index contributed by atoms with van der Waals surface area (Å²) in [4.78, 5) is 35.2. The second kappa shape index (κ2) is 53.4. The fourth-order valence-electron chi connectivity index (χ4n) is 8.93. The molecule has 0 spiro atoms. The topological polar surface area (TPSA) is 134 Å². The van der Waals surface area contributed by atoms with Gasteiger partial charge >= 0.3 is 19.8 Å². The molecule has 0 aromatic carbocycles. The van der Waals surface area contributed by atoms with Crippen LogP contribution in [0.1, 0.15) is 316 Å². The maximum atomic E-state index is 12.7. The Balaban J connectivity index is 3.91. The molecule has 1 unspecified atom stereocenters. The molecule has 0 aromatic heterocycles. The molecule has 3 N–H and O–H groups in total. The van der Waals surface area contributed by atoms with Crippen molar-refractivity contribution in [2.45, 2.75) is 322 Å². The lowest BCUT2D eigenvalue weighted by molar-refractivity contribution is -0.161. The molecule has 0 aromatic rings. The number of unbranched alkanes of at least 4 members (excludes halogenated alkanes) is 43. The second-order valence-corrected chi connectivity index (χ2v) is 21.3. The van der Waals surface area contributed by atoms with E-state index in [-0.39, 0.29) is 38.6 Å². The molecule has 0 fully saturated rings. The van der Waals surface area contributed by atoms with Crippen LogP contribution in [0.2, 0.25) is 0 Å². The van der Waals surface area contributed by atoms with Crippen LogP contribution < -0.4 is 5.73 Å². The van der Waals surface area contributed by atoms with Crippen LogP contribution in [0.3, 0.4) is 0 Å². The van der Waals surface area contributed by atoms with Gasteiger partial charge in [0.05, 0.1) is 13.2 Å². The zero-order valence-corrected chi connectivity index (χ0v) is 44.9. The summed E-state index contributed by atoms with van der Waals surface area (Å²) >= 11 is 0. The summed E-state index contributed by atoms with van der Waals surface area (Å²) in [5, 5.41) is 0. The van der Waals surface area contributed by atoms with Gasteiger partial charge in [0.25, 0.3) is 0 Å². The van der Waals surface area contributed by atoms with Gasteiger partial charge in [0.15, 0.2) is 6.10 Å². The molecule has 2 atom stereocenters. The van der Waals surface area contributed by atoms with E-state index in [9.17, 15) is 19.0 Å². The van der Waals surface area contributed by atoms with E-state index in [4.69, 9.17) is 24.3 Å². The highest BCUT2D eigenvalue weighted by atomic mass is 31.2. The van der Waals surface area contributed by atoms with Gasteiger partial charge in [-0.2, -0.15) is 0 Å². The molecular weight excluding hydrogens is 846 g/mol. The van der Waals surface area contributed by atoms with E-state index in [1.165, 1.54) is 250 Å². The third kappa shape index (κ3) is 52.4. The van der Waals surface area contributed by atoms with Crippen molar-refractivity contribution < 1.29 is 37.6 Å². The Kier molecular flexibility index (Phi) is 52.6. The predicted octanol–water partition coefficient (Wildman–Crippen LogP) is 17.9. The van der Waals surface area contributed by atoms with Crippen LogP contribution >= 0.6 is 7.82 Å². The Morgan fingerprint density at radius 2 is 0.652 bits per heavy atom. The highest BCUT2D eigenvalue weighted by Gasteiger charge is 2.26. The maximum Gasteiger partial charge on any atom is 0.472 e. The van der Waals surface area contributed by atoms with Gasteiger partial charge in [-0.1, -0.05) is 290 Å². The van der Waals surface area contributed by atoms with Gasteiger partial charge in [0, 0.05) is 19.4 Å². The number of ether oxygens (including phenoxy) is 2. The van der Waals surface area contributed by atoms with E-state index in [1.54, 1.807) is 0 Å². The van der Waals surface area contributed by atoms with Crippen LogP contribution in [0.25, 0.3) is 0 Å². The number of nitrogens with two attached hydrogens (primary N) is 1. The van der Waals surface area contributed by atoms with Gasteiger partial charge in [0.1, 0.15) is 6.61 Å². The van der Waals surface area contributed by atoms with Gasteiger partial charge < -0.3 is 20.1 Å². The first-order chi connectivity index (χ1) is 32.3. The third-order valence-corrected chi connectivity index (χ3v) is 14.2.